The third kappa shape index (κ3) is 7.09. The molecule has 0 radical (unpaired) electrons. The topological polar surface area (TPSA) is 96.0 Å². The van der Waals surface area contributed by atoms with Crippen molar-refractivity contribution in [3.8, 4) is 11.1 Å². The van der Waals surface area contributed by atoms with Crippen LogP contribution >= 0.6 is 11.3 Å². The average Bonchev–Trinajstić information content (AvgIpc) is 3.62. The first-order chi connectivity index (χ1) is 18.1. The van der Waals surface area contributed by atoms with Crippen LogP contribution in [0, 0.1) is 5.92 Å². The molecule has 1 unspecified atom stereocenters. The highest BCUT2D eigenvalue weighted by atomic mass is 32.1. The number of rotatable bonds is 11. The number of pyridine rings is 1. The predicted octanol–water partition coefficient (Wildman–Crippen LogP) is 4.68. The van der Waals surface area contributed by atoms with E-state index in [1.807, 2.05) is 60.0 Å². The van der Waals surface area contributed by atoms with E-state index in [-0.39, 0.29) is 11.8 Å². The van der Waals surface area contributed by atoms with Gasteiger partial charge in [-0.05, 0) is 72.2 Å². The molecule has 37 heavy (non-hydrogen) atoms. The minimum Gasteiger partial charge on any atom is -0.352 e. The molecule has 2 aromatic carbocycles. The number of carbonyl (C=O) groups excluding carboxylic acids is 2. The number of amides is 2. The lowest BCUT2D eigenvalue weighted by atomic mass is 10.0. The summed E-state index contributed by atoms with van der Waals surface area (Å²) in [6.07, 6.45) is 6.28. The molecule has 1 aliphatic carbocycles. The molecule has 2 aromatic heterocycles. The van der Waals surface area contributed by atoms with Gasteiger partial charge in [0.2, 0.25) is 5.91 Å². The average molecular weight is 512 g/mol. The Labute approximate surface area is 220 Å². The van der Waals surface area contributed by atoms with Gasteiger partial charge in [0.15, 0.2) is 0 Å². The van der Waals surface area contributed by atoms with Crippen molar-refractivity contribution in [1.29, 1.82) is 0 Å². The fourth-order valence-corrected chi connectivity index (χ4v) is 4.65. The number of anilines is 1. The Bertz CT molecular complexity index is 1330. The van der Waals surface area contributed by atoms with Crippen molar-refractivity contribution in [2.75, 3.05) is 11.9 Å². The maximum absolute atomic E-state index is 13.5. The highest BCUT2D eigenvalue weighted by molar-refractivity contribution is 7.07. The number of benzene rings is 2. The lowest BCUT2D eigenvalue weighted by Gasteiger charge is -2.19. The second-order valence-electron chi connectivity index (χ2n) is 9.28. The highest BCUT2D eigenvalue weighted by Crippen LogP contribution is 2.28. The third-order valence-electron chi connectivity index (χ3n) is 6.34. The summed E-state index contributed by atoms with van der Waals surface area (Å²) >= 11 is 1.53. The van der Waals surface area contributed by atoms with Crippen molar-refractivity contribution in [3.05, 3.63) is 101 Å². The van der Waals surface area contributed by atoms with Crippen LogP contribution in [0.15, 0.2) is 83.9 Å². The van der Waals surface area contributed by atoms with Crippen LogP contribution in [0.25, 0.3) is 11.1 Å². The van der Waals surface area contributed by atoms with E-state index in [1.165, 1.54) is 11.3 Å². The summed E-state index contributed by atoms with van der Waals surface area (Å²) in [5.41, 5.74) is 6.58. The fourth-order valence-electron chi connectivity index (χ4n) is 4.09. The van der Waals surface area contributed by atoms with Crippen LogP contribution < -0.4 is 16.0 Å². The summed E-state index contributed by atoms with van der Waals surface area (Å²) in [6, 6.07) is 18.7. The van der Waals surface area contributed by atoms with Gasteiger partial charge in [0.1, 0.15) is 0 Å². The Kier molecular flexibility index (Phi) is 7.98. The summed E-state index contributed by atoms with van der Waals surface area (Å²) in [5.74, 6) is 0.269. The van der Waals surface area contributed by atoms with Crippen molar-refractivity contribution < 1.29 is 9.59 Å². The Morgan fingerprint density at radius 1 is 1.00 bits per heavy atom. The predicted molar refractivity (Wildman–Crippen MR) is 146 cm³/mol. The Hall–Kier alpha value is -3.88. The first kappa shape index (κ1) is 24.8. The minimum absolute atomic E-state index is 0.138. The van der Waals surface area contributed by atoms with Gasteiger partial charge in [-0.1, -0.05) is 30.3 Å². The number of nitrogens with zero attached hydrogens (tertiary/aromatic N) is 2. The molecule has 0 bridgehead atoms. The smallest absolute Gasteiger partial charge is 0.251 e. The third-order valence-corrected chi connectivity index (χ3v) is 6.97. The number of thiazole rings is 1. The van der Waals surface area contributed by atoms with Gasteiger partial charge in [-0.3, -0.25) is 19.9 Å². The Morgan fingerprint density at radius 2 is 1.81 bits per heavy atom. The van der Waals surface area contributed by atoms with Gasteiger partial charge in [-0.25, -0.2) is 4.98 Å². The molecule has 1 atom stereocenters. The van der Waals surface area contributed by atoms with Crippen LogP contribution in [-0.2, 0) is 17.8 Å². The van der Waals surface area contributed by atoms with Crippen molar-refractivity contribution >= 4 is 28.8 Å². The maximum Gasteiger partial charge on any atom is 0.251 e. The largest absolute Gasteiger partial charge is 0.352 e. The fraction of sp³-hybridized carbons (Fsp3) is 0.241. The molecule has 8 heteroatoms. The van der Waals surface area contributed by atoms with Crippen LogP contribution in [-0.4, -0.2) is 34.4 Å². The molecule has 1 fully saturated rings. The number of carbonyl (C=O) groups is 2. The molecule has 2 amide bonds. The molecular formula is C29H29N5O2S. The zero-order valence-electron chi connectivity index (χ0n) is 20.4. The second-order valence-corrected chi connectivity index (χ2v) is 10.00. The van der Waals surface area contributed by atoms with Crippen molar-refractivity contribution in [2.24, 2.45) is 5.92 Å². The normalized spacial score (nSPS) is 13.6. The zero-order chi connectivity index (χ0) is 25.5. The first-order valence-electron chi connectivity index (χ1n) is 12.4. The standard InChI is InChI=1S/C29H29N5O2S/c35-28(32-16-21-6-7-21)24-13-23(22-8-10-30-11-9-22)14-25(15-24)34-29(36)27(12-20-4-2-1-3-5-20)31-17-26-18-37-19-33-26/h1-5,8-11,13-15,18-19,21,27,31H,6-7,12,16-17H2,(H,32,35)(H,34,36). The monoisotopic (exact) mass is 511 g/mol. The Morgan fingerprint density at radius 3 is 2.54 bits per heavy atom. The second kappa shape index (κ2) is 11.9. The van der Waals surface area contributed by atoms with E-state index in [4.69, 9.17) is 0 Å². The van der Waals surface area contributed by atoms with E-state index in [1.54, 1.807) is 24.0 Å². The Balaban J connectivity index is 1.38. The number of hydrogen-bond donors (Lipinski definition) is 3. The van der Waals surface area contributed by atoms with E-state index >= 15 is 0 Å². The maximum atomic E-state index is 13.5. The van der Waals surface area contributed by atoms with E-state index < -0.39 is 6.04 Å². The number of aromatic nitrogens is 2. The quantitative estimate of drug-likeness (QED) is 0.272. The van der Waals surface area contributed by atoms with Crippen molar-refractivity contribution in [2.45, 2.75) is 31.8 Å². The van der Waals surface area contributed by atoms with E-state index in [0.29, 0.717) is 36.7 Å². The molecule has 5 rings (SSSR count). The first-order valence-corrected chi connectivity index (χ1v) is 13.4. The van der Waals surface area contributed by atoms with Gasteiger partial charge < -0.3 is 10.6 Å². The lowest BCUT2D eigenvalue weighted by Crippen LogP contribution is -2.42. The molecule has 1 saturated carbocycles. The van der Waals surface area contributed by atoms with Gasteiger partial charge in [-0.15, -0.1) is 11.3 Å². The molecular weight excluding hydrogens is 482 g/mol. The van der Waals surface area contributed by atoms with Crippen molar-refractivity contribution in [3.63, 3.8) is 0 Å². The SMILES string of the molecule is O=C(NCC1CC1)c1cc(NC(=O)C(Cc2ccccc2)NCc2cscn2)cc(-c2ccncc2)c1. The lowest BCUT2D eigenvalue weighted by molar-refractivity contribution is -0.118. The van der Waals surface area contributed by atoms with Gasteiger partial charge in [0.25, 0.3) is 5.91 Å². The van der Waals surface area contributed by atoms with Crippen LogP contribution in [0.3, 0.4) is 0 Å². The van der Waals surface area contributed by atoms with Gasteiger partial charge in [-0.2, -0.15) is 0 Å². The van der Waals surface area contributed by atoms with E-state index in [9.17, 15) is 9.59 Å². The molecule has 4 aromatic rings. The van der Waals surface area contributed by atoms with Crippen LogP contribution in [0.4, 0.5) is 5.69 Å². The number of hydrogen-bond acceptors (Lipinski definition) is 6. The molecule has 188 valence electrons. The summed E-state index contributed by atoms with van der Waals surface area (Å²) in [5, 5.41) is 11.4. The minimum atomic E-state index is -0.485. The van der Waals surface area contributed by atoms with E-state index in [2.05, 4.69) is 25.9 Å². The van der Waals surface area contributed by atoms with Crippen LogP contribution in [0.1, 0.15) is 34.5 Å². The molecule has 1 aliphatic rings. The molecule has 2 heterocycles. The molecule has 0 aliphatic heterocycles. The summed E-state index contributed by atoms with van der Waals surface area (Å²) in [6.45, 7) is 1.17. The summed E-state index contributed by atoms with van der Waals surface area (Å²) in [4.78, 5) is 34.9. The molecule has 3 N–H and O–H groups in total. The molecule has 0 saturated heterocycles. The van der Waals surface area contributed by atoms with E-state index in [0.717, 1.165) is 35.2 Å². The molecule has 7 nitrogen and oxygen atoms in total. The highest BCUT2D eigenvalue weighted by Gasteiger charge is 2.23. The zero-order valence-corrected chi connectivity index (χ0v) is 21.2. The van der Waals surface area contributed by atoms with Crippen LogP contribution in [0.2, 0.25) is 0 Å². The number of nitrogens with one attached hydrogen (secondary N) is 3. The van der Waals surface area contributed by atoms with Gasteiger partial charge in [0.05, 0.1) is 17.2 Å². The van der Waals surface area contributed by atoms with Crippen molar-refractivity contribution in [1.82, 2.24) is 20.6 Å². The summed E-state index contributed by atoms with van der Waals surface area (Å²) < 4.78 is 0. The molecule has 0 spiro atoms. The van der Waals surface area contributed by atoms with Crippen LogP contribution in [0.5, 0.6) is 0 Å². The van der Waals surface area contributed by atoms with Gasteiger partial charge >= 0.3 is 0 Å². The van der Waals surface area contributed by atoms with Gasteiger partial charge in [0, 0.05) is 42.1 Å². The summed E-state index contributed by atoms with van der Waals surface area (Å²) in [7, 11) is 0.